The van der Waals surface area contributed by atoms with E-state index in [1.807, 2.05) is 0 Å². The van der Waals surface area contributed by atoms with Gasteiger partial charge < -0.3 is 15.5 Å². The molecule has 1 atom stereocenters. The molecular weight excluding hydrogens is 387 g/mol. The summed E-state index contributed by atoms with van der Waals surface area (Å²) in [5.74, 6) is -4.95. The first-order valence-corrected chi connectivity index (χ1v) is 8.61. The van der Waals surface area contributed by atoms with Crippen molar-refractivity contribution in [2.75, 3.05) is 18.4 Å². The number of hydrogen-bond acceptors (Lipinski definition) is 5. The summed E-state index contributed by atoms with van der Waals surface area (Å²) >= 11 is 0. The van der Waals surface area contributed by atoms with Gasteiger partial charge in [0.1, 0.15) is 11.9 Å². The lowest BCUT2D eigenvalue weighted by atomic mass is 10.2. The van der Waals surface area contributed by atoms with Crippen molar-refractivity contribution in [3.8, 4) is 6.07 Å². The number of rotatable bonds is 5. The number of benzene rings is 1. The van der Waals surface area contributed by atoms with Crippen LogP contribution in [0, 0.1) is 17.1 Å². The molecule has 0 radical (unpaired) electrons. The third-order valence-electron chi connectivity index (χ3n) is 4.33. The Morgan fingerprint density at radius 2 is 2.00 bits per heavy atom. The number of nitriles is 1. The first kappa shape index (κ1) is 20.1. The molecule has 2 aromatic rings. The van der Waals surface area contributed by atoms with E-state index in [9.17, 15) is 22.8 Å². The fourth-order valence-electron chi connectivity index (χ4n) is 2.93. The lowest BCUT2D eigenvalue weighted by Crippen LogP contribution is -2.43. The zero-order chi connectivity index (χ0) is 21.0. The Balaban J connectivity index is 1.66. The molecule has 1 saturated heterocycles. The summed E-state index contributed by atoms with van der Waals surface area (Å²) in [5.41, 5.74) is 0.980. The standard InChI is InChI=1S/C19H16F3N5O2/c20-12-1-3-13(4-2-12)26-16-9-24-6-5-15(16)18(29)25-10-17(28)27-11-19(21,22)7-14(27)8-23/h1-6,9,14,26H,7,10-11H2,(H,25,29). The van der Waals surface area contributed by atoms with Gasteiger partial charge in [0.2, 0.25) is 5.91 Å². The zero-order valence-corrected chi connectivity index (χ0v) is 15.0. The molecule has 29 heavy (non-hydrogen) atoms. The Bertz CT molecular complexity index is 959. The molecule has 1 aliphatic rings. The molecule has 0 bridgehead atoms. The van der Waals surface area contributed by atoms with Gasteiger partial charge in [-0.2, -0.15) is 5.26 Å². The van der Waals surface area contributed by atoms with Crippen LogP contribution in [0.3, 0.4) is 0 Å². The first-order chi connectivity index (χ1) is 13.8. The molecular formula is C19H16F3N5O2. The molecule has 2 N–H and O–H groups in total. The Hall–Kier alpha value is -3.61. The summed E-state index contributed by atoms with van der Waals surface area (Å²) < 4.78 is 40.0. The van der Waals surface area contributed by atoms with Crippen molar-refractivity contribution in [1.82, 2.24) is 15.2 Å². The van der Waals surface area contributed by atoms with E-state index in [0.717, 1.165) is 4.90 Å². The fraction of sp³-hybridized carbons (Fsp3) is 0.263. The maximum Gasteiger partial charge on any atom is 0.268 e. The Labute approximate surface area is 164 Å². The number of pyridine rings is 1. The van der Waals surface area contributed by atoms with Crippen molar-refractivity contribution in [1.29, 1.82) is 5.26 Å². The number of hydrogen-bond donors (Lipinski definition) is 2. The van der Waals surface area contributed by atoms with Crippen LogP contribution in [0.2, 0.25) is 0 Å². The molecule has 150 valence electrons. The monoisotopic (exact) mass is 403 g/mol. The predicted molar refractivity (Wildman–Crippen MR) is 96.9 cm³/mol. The number of halogens is 3. The number of amides is 2. The molecule has 0 saturated carbocycles. The van der Waals surface area contributed by atoms with Crippen LogP contribution in [0.4, 0.5) is 24.5 Å². The van der Waals surface area contributed by atoms with E-state index >= 15 is 0 Å². The highest BCUT2D eigenvalue weighted by Crippen LogP contribution is 2.31. The van der Waals surface area contributed by atoms with Crippen molar-refractivity contribution in [2.45, 2.75) is 18.4 Å². The number of likely N-dealkylation sites (tertiary alicyclic amines) is 1. The second-order valence-corrected chi connectivity index (χ2v) is 6.46. The molecule has 1 unspecified atom stereocenters. The van der Waals surface area contributed by atoms with Gasteiger partial charge in [0.05, 0.1) is 36.6 Å². The van der Waals surface area contributed by atoms with Gasteiger partial charge in [-0.25, -0.2) is 13.2 Å². The molecule has 1 aromatic heterocycles. The normalized spacial score (nSPS) is 17.4. The smallest absolute Gasteiger partial charge is 0.268 e. The van der Waals surface area contributed by atoms with Crippen molar-refractivity contribution in [3.63, 3.8) is 0 Å². The maximum absolute atomic E-state index is 13.5. The van der Waals surface area contributed by atoms with Crippen LogP contribution in [0.15, 0.2) is 42.7 Å². The minimum absolute atomic E-state index is 0.153. The van der Waals surface area contributed by atoms with Crippen LogP contribution in [0.25, 0.3) is 0 Å². The Kier molecular flexibility index (Phi) is 5.68. The van der Waals surface area contributed by atoms with E-state index in [1.54, 1.807) is 6.07 Å². The van der Waals surface area contributed by atoms with Crippen molar-refractivity contribution < 1.29 is 22.8 Å². The minimum atomic E-state index is -3.13. The number of carbonyl (C=O) groups is 2. The van der Waals surface area contributed by atoms with Crippen LogP contribution < -0.4 is 10.6 Å². The quantitative estimate of drug-likeness (QED) is 0.799. The summed E-state index contributed by atoms with van der Waals surface area (Å²) in [6.45, 7) is -1.39. The van der Waals surface area contributed by atoms with Gasteiger partial charge in [-0.05, 0) is 30.3 Å². The van der Waals surface area contributed by atoms with Crippen molar-refractivity contribution >= 4 is 23.2 Å². The van der Waals surface area contributed by atoms with E-state index in [-0.39, 0.29) is 5.56 Å². The van der Waals surface area contributed by atoms with Gasteiger partial charge >= 0.3 is 0 Å². The molecule has 0 aliphatic carbocycles. The average molecular weight is 403 g/mol. The van der Waals surface area contributed by atoms with Crippen LogP contribution in [0.5, 0.6) is 0 Å². The van der Waals surface area contributed by atoms with E-state index in [1.165, 1.54) is 42.7 Å². The van der Waals surface area contributed by atoms with Crippen LogP contribution in [-0.2, 0) is 4.79 Å². The van der Waals surface area contributed by atoms with E-state index in [0.29, 0.717) is 11.4 Å². The van der Waals surface area contributed by atoms with Gasteiger partial charge in [-0.1, -0.05) is 0 Å². The fourth-order valence-corrected chi connectivity index (χ4v) is 2.93. The van der Waals surface area contributed by atoms with Gasteiger partial charge in [0.15, 0.2) is 0 Å². The lowest BCUT2D eigenvalue weighted by Gasteiger charge is -2.19. The molecule has 7 nitrogen and oxygen atoms in total. The largest absolute Gasteiger partial charge is 0.354 e. The first-order valence-electron chi connectivity index (χ1n) is 8.61. The van der Waals surface area contributed by atoms with Gasteiger partial charge in [-0.15, -0.1) is 0 Å². The second kappa shape index (κ2) is 8.18. The SMILES string of the molecule is N#CC1CC(F)(F)CN1C(=O)CNC(=O)c1ccncc1Nc1ccc(F)cc1. The van der Waals surface area contributed by atoms with Crippen LogP contribution in [0.1, 0.15) is 16.8 Å². The number of nitrogens with one attached hydrogen (secondary N) is 2. The summed E-state index contributed by atoms with van der Waals surface area (Å²) in [4.78, 5) is 29.4. The molecule has 10 heteroatoms. The number of aromatic nitrogens is 1. The van der Waals surface area contributed by atoms with Gasteiger partial charge in [0, 0.05) is 18.3 Å². The van der Waals surface area contributed by atoms with E-state index in [4.69, 9.17) is 5.26 Å². The number of alkyl halides is 2. The maximum atomic E-state index is 13.5. The summed E-state index contributed by atoms with van der Waals surface area (Å²) in [7, 11) is 0. The van der Waals surface area contributed by atoms with Crippen LogP contribution in [-0.4, -0.2) is 46.8 Å². The number of carbonyl (C=O) groups excluding carboxylic acids is 2. The van der Waals surface area contributed by atoms with E-state index in [2.05, 4.69) is 15.6 Å². The van der Waals surface area contributed by atoms with Crippen molar-refractivity contribution in [2.24, 2.45) is 0 Å². The van der Waals surface area contributed by atoms with Gasteiger partial charge in [-0.3, -0.25) is 14.6 Å². The highest BCUT2D eigenvalue weighted by molar-refractivity contribution is 6.01. The van der Waals surface area contributed by atoms with Crippen molar-refractivity contribution in [3.05, 3.63) is 54.1 Å². The molecule has 1 aromatic carbocycles. The molecule has 3 rings (SSSR count). The van der Waals surface area contributed by atoms with E-state index < -0.39 is 49.1 Å². The highest BCUT2D eigenvalue weighted by atomic mass is 19.3. The average Bonchev–Trinajstić information content (AvgIpc) is 3.03. The third kappa shape index (κ3) is 4.82. The Morgan fingerprint density at radius 3 is 2.69 bits per heavy atom. The highest BCUT2D eigenvalue weighted by Gasteiger charge is 2.47. The topological polar surface area (TPSA) is 98.1 Å². The third-order valence-corrected chi connectivity index (χ3v) is 4.33. The zero-order valence-electron chi connectivity index (χ0n) is 15.0. The predicted octanol–water partition coefficient (Wildman–Crippen LogP) is 2.45. The Morgan fingerprint density at radius 1 is 1.28 bits per heavy atom. The number of nitrogens with zero attached hydrogens (tertiary/aromatic N) is 3. The molecule has 1 fully saturated rings. The lowest BCUT2D eigenvalue weighted by molar-refractivity contribution is -0.131. The number of anilines is 2. The minimum Gasteiger partial charge on any atom is -0.354 e. The summed E-state index contributed by atoms with van der Waals surface area (Å²) in [6.07, 6.45) is 2.03. The molecule has 0 spiro atoms. The molecule has 2 amide bonds. The summed E-state index contributed by atoms with van der Waals surface area (Å²) in [5, 5.41) is 14.3. The molecule has 1 aliphatic heterocycles. The van der Waals surface area contributed by atoms with Gasteiger partial charge in [0.25, 0.3) is 11.8 Å². The molecule has 2 heterocycles. The van der Waals surface area contributed by atoms with Crippen LogP contribution >= 0.6 is 0 Å². The second-order valence-electron chi connectivity index (χ2n) is 6.46. The summed E-state index contributed by atoms with van der Waals surface area (Å²) in [6, 6.07) is 7.30.